The van der Waals surface area contributed by atoms with Crippen LogP contribution in [-0.4, -0.2) is 33.9 Å². The summed E-state index contributed by atoms with van der Waals surface area (Å²) in [6.07, 6.45) is 5.34. The van der Waals surface area contributed by atoms with Gasteiger partial charge in [0.05, 0.1) is 11.7 Å². The Labute approximate surface area is 180 Å². The molecule has 1 unspecified atom stereocenters. The first-order valence-electron chi connectivity index (χ1n) is 9.29. The molecule has 0 aliphatic heterocycles. The summed E-state index contributed by atoms with van der Waals surface area (Å²) in [6.45, 7) is -4.52. The van der Waals surface area contributed by atoms with Crippen molar-refractivity contribution in [3.63, 3.8) is 0 Å². The van der Waals surface area contributed by atoms with Crippen LogP contribution < -0.4 is 14.8 Å². The Balaban J connectivity index is 1.66. The summed E-state index contributed by atoms with van der Waals surface area (Å²) in [4.78, 5) is 16.1. The zero-order chi connectivity index (χ0) is 23.1. The molecule has 1 N–H and O–H groups in total. The van der Waals surface area contributed by atoms with Crippen LogP contribution in [0.3, 0.4) is 0 Å². The fraction of sp³-hybridized carbons (Fsp3) is 0.190. The SMILES string of the molecule is CC(NC(=O)/C=C/c1ccc(OC(F)F)cc1OC(F)F)c1ccc(-n2cncn2)cc1. The quantitative estimate of drug-likeness (QED) is 0.387. The molecule has 1 atom stereocenters. The van der Waals surface area contributed by atoms with Crippen molar-refractivity contribution >= 4 is 12.0 Å². The molecule has 0 radical (unpaired) electrons. The van der Waals surface area contributed by atoms with Gasteiger partial charge in [0.2, 0.25) is 5.91 Å². The highest BCUT2D eigenvalue weighted by molar-refractivity contribution is 5.92. The average Bonchev–Trinajstić information content (AvgIpc) is 3.27. The first kappa shape index (κ1) is 22.8. The lowest BCUT2D eigenvalue weighted by Gasteiger charge is -2.14. The van der Waals surface area contributed by atoms with Gasteiger partial charge in [0.1, 0.15) is 24.2 Å². The maximum atomic E-state index is 12.6. The van der Waals surface area contributed by atoms with Crippen LogP contribution >= 0.6 is 0 Å². The third-order valence-electron chi connectivity index (χ3n) is 4.28. The molecule has 0 fully saturated rings. The number of hydrogen-bond acceptors (Lipinski definition) is 5. The molecular weight excluding hydrogens is 432 g/mol. The van der Waals surface area contributed by atoms with E-state index < -0.39 is 24.9 Å². The van der Waals surface area contributed by atoms with Crippen LogP contribution in [0.1, 0.15) is 24.1 Å². The summed E-state index contributed by atoms with van der Waals surface area (Å²) in [7, 11) is 0. The highest BCUT2D eigenvalue weighted by atomic mass is 19.3. The third-order valence-corrected chi connectivity index (χ3v) is 4.28. The van der Waals surface area contributed by atoms with Gasteiger partial charge < -0.3 is 14.8 Å². The molecule has 1 aromatic heterocycles. The van der Waals surface area contributed by atoms with E-state index in [2.05, 4.69) is 24.9 Å². The standard InChI is InChI=1S/C21H18F4N4O3/c1-13(14-2-6-16(7-3-14)29-12-26-11-27-29)28-19(30)9-5-15-4-8-17(31-20(22)23)10-18(15)32-21(24)25/h2-13,20-21H,1H3,(H,28,30)/b9-5+. The van der Waals surface area contributed by atoms with E-state index in [1.807, 2.05) is 24.3 Å². The van der Waals surface area contributed by atoms with Gasteiger partial charge in [-0.1, -0.05) is 12.1 Å². The molecule has 168 valence electrons. The minimum absolute atomic E-state index is 0.0897. The number of nitrogens with zero attached hydrogens (tertiary/aromatic N) is 3. The molecule has 11 heteroatoms. The normalized spacial score (nSPS) is 12.3. The largest absolute Gasteiger partial charge is 0.435 e. The Morgan fingerprint density at radius 3 is 2.41 bits per heavy atom. The molecule has 1 amide bonds. The number of carbonyl (C=O) groups is 1. The topological polar surface area (TPSA) is 78.3 Å². The summed E-state index contributed by atoms with van der Waals surface area (Å²) in [5.74, 6) is -1.24. The van der Waals surface area contributed by atoms with Gasteiger partial charge in [-0.2, -0.15) is 22.7 Å². The second-order valence-electron chi connectivity index (χ2n) is 6.45. The first-order chi connectivity index (χ1) is 15.3. The van der Waals surface area contributed by atoms with Crippen molar-refractivity contribution in [2.24, 2.45) is 0 Å². The smallest absolute Gasteiger partial charge is 0.387 e. The molecular formula is C21H18F4N4O3. The highest BCUT2D eigenvalue weighted by Crippen LogP contribution is 2.28. The van der Waals surface area contributed by atoms with Gasteiger partial charge in [-0.3, -0.25) is 4.79 Å². The van der Waals surface area contributed by atoms with Crippen molar-refractivity contribution in [3.05, 3.63) is 72.3 Å². The molecule has 2 aromatic carbocycles. The number of ether oxygens (including phenoxy) is 2. The number of carbonyl (C=O) groups excluding carboxylic acids is 1. The molecule has 0 bridgehead atoms. The monoisotopic (exact) mass is 450 g/mol. The van der Waals surface area contributed by atoms with Crippen molar-refractivity contribution in [1.29, 1.82) is 0 Å². The lowest BCUT2D eigenvalue weighted by Crippen LogP contribution is -2.24. The van der Waals surface area contributed by atoms with Gasteiger partial charge in [-0.15, -0.1) is 0 Å². The van der Waals surface area contributed by atoms with Gasteiger partial charge in [0, 0.05) is 17.7 Å². The number of amides is 1. The van der Waals surface area contributed by atoms with Crippen LogP contribution in [-0.2, 0) is 4.79 Å². The van der Waals surface area contributed by atoms with E-state index in [1.165, 1.54) is 18.5 Å². The molecule has 32 heavy (non-hydrogen) atoms. The van der Waals surface area contributed by atoms with Crippen LogP contribution in [0.4, 0.5) is 17.6 Å². The maximum absolute atomic E-state index is 12.6. The van der Waals surface area contributed by atoms with E-state index in [0.29, 0.717) is 0 Å². The Bertz CT molecular complexity index is 1060. The minimum atomic E-state index is -3.18. The number of benzene rings is 2. The molecule has 3 aromatic rings. The van der Waals surface area contributed by atoms with E-state index in [-0.39, 0.29) is 17.4 Å². The zero-order valence-corrected chi connectivity index (χ0v) is 16.7. The van der Waals surface area contributed by atoms with Gasteiger partial charge >= 0.3 is 13.2 Å². The van der Waals surface area contributed by atoms with Gasteiger partial charge in [0.15, 0.2) is 0 Å². The molecule has 0 aliphatic carbocycles. The molecule has 7 nitrogen and oxygen atoms in total. The maximum Gasteiger partial charge on any atom is 0.387 e. The predicted octanol–water partition coefficient (Wildman–Crippen LogP) is 4.36. The van der Waals surface area contributed by atoms with E-state index in [1.54, 1.807) is 17.9 Å². The van der Waals surface area contributed by atoms with Crippen molar-refractivity contribution in [3.8, 4) is 17.2 Å². The zero-order valence-electron chi connectivity index (χ0n) is 16.7. The fourth-order valence-electron chi connectivity index (χ4n) is 2.79. The van der Waals surface area contributed by atoms with Crippen LogP contribution in [0.25, 0.3) is 11.8 Å². The summed E-state index contributed by atoms with van der Waals surface area (Å²) in [5.41, 5.74) is 1.72. The van der Waals surface area contributed by atoms with E-state index in [0.717, 1.165) is 29.5 Å². The van der Waals surface area contributed by atoms with Gasteiger partial charge in [-0.05, 0) is 42.8 Å². The van der Waals surface area contributed by atoms with Crippen molar-refractivity contribution in [2.45, 2.75) is 26.2 Å². The molecule has 0 saturated heterocycles. The molecule has 3 rings (SSSR count). The average molecular weight is 450 g/mol. The first-order valence-corrected chi connectivity index (χ1v) is 9.29. The number of nitrogens with one attached hydrogen (secondary N) is 1. The summed E-state index contributed by atoms with van der Waals surface area (Å²) >= 11 is 0. The van der Waals surface area contributed by atoms with Crippen molar-refractivity contribution in [2.75, 3.05) is 0 Å². The predicted molar refractivity (Wildman–Crippen MR) is 107 cm³/mol. The summed E-state index contributed by atoms with van der Waals surface area (Å²) < 4.78 is 60.1. The Morgan fingerprint density at radius 2 is 1.78 bits per heavy atom. The summed E-state index contributed by atoms with van der Waals surface area (Å²) in [6, 6.07) is 10.2. The van der Waals surface area contributed by atoms with E-state index >= 15 is 0 Å². The van der Waals surface area contributed by atoms with Gasteiger partial charge in [0.25, 0.3) is 0 Å². The van der Waals surface area contributed by atoms with Crippen molar-refractivity contribution in [1.82, 2.24) is 20.1 Å². The number of aromatic nitrogens is 3. The lowest BCUT2D eigenvalue weighted by molar-refractivity contribution is -0.117. The van der Waals surface area contributed by atoms with Crippen LogP contribution in [0.15, 0.2) is 61.2 Å². The Morgan fingerprint density at radius 1 is 1.06 bits per heavy atom. The molecule has 0 saturated carbocycles. The van der Waals surface area contributed by atoms with E-state index in [4.69, 9.17) is 0 Å². The van der Waals surface area contributed by atoms with Crippen LogP contribution in [0, 0.1) is 0 Å². The molecule has 0 spiro atoms. The summed E-state index contributed by atoms with van der Waals surface area (Å²) in [5, 5.41) is 6.78. The van der Waals surface area contributed by atoms with Crippen molar-refractivity contribution < 1.29 is 31.8 Å². The Kier molecular flexibility index (Phi) is 7.42. The number of hydrogen-bond donors (Lipinski definition) is 1. The molecule has 0 aliphatic rings. The van der Waals surface area contributed by atoms with Gasteiger partial charge in [-0.25, -0.2) is 9.67 Å². The van der Waals surface area contributed by atoms with Crippen LogP contribution in [0.2, 0.25) is 0 Å². The Hall–Kier alpha value is -3.89. The number of rotatable bonds is 9. The van der Waals surface area contributed by atoms with Crippen LogP contribution in [0.5, 0.6) is 11.5 Å². The second kappa shape index (κ2) is 10.4. The third kappa shape index (κ3) is 6.30. The fourth-order valence-corrected chi connectivity index (χ4v) is 2.79. The van der Waals surface area contributed by atoms with E-state index in [9.17, 15) is 22.4 Å². The number of alkyl halides is 4. The minimum Gasteiger partial charge on any atom is -0.435 e. The second-order valence-corrected chi connectivity index (χ2v) is 6.45. The highest BCUT2D eigenvalue weighted by Gasteiger charge is 2.13. The lowest BCUT2D eigenvalue weighted by atomic mass is 10.1. The molecule has 1 heterocycles. The number of halogens is 4.